The van der Waals surface area contributed by atoms with Gasteiger partial charge in [-0.2, -0.15) is 0 Å². The molecule has 0 radical (unpaired) electrons. The molecule has 2 aromatic heterocycles. The standard InChI is InChI=1S/C16H18N4/c1-11(9-17)7-12-4-5-14-15(8-12)20-16(19-14)13-3-2-6-18-10-13/h2-6,8,10-11H,7,9,17H2,1H3,(H,19,20). The summed E-state index contributed by atoms with van der Waals surface area (Å²) >= 11 is 0. The number of rotatable bonds is 4. The van der Waals surface area contributed by atoms with Crippen molar-refractivity contribution >= 4 is 11.0 Å². The fourth-order valence-electron chi connectivity index (χ4n) is 2.31. The molecular formula is C16H18N4. The number of aromatic nitrogens is 3. The van der Waals surface area contributed by atoms with Crippen molar-refractivity contribution in [2.24, 2.45) is 11.7 Å². The van der Waals surface area contributed by atoms with Gasteiger partial charge >= 0.3 is 0 Å². The minimum Gasteiger partial charge on any atom is -0.338 e. The molecule has 1 atom stereocenters. The van der Waals surface area contributed by atoms with Crippen LogP contribution in [-0.4, -0.2) is 21.5 Å². The Balaban J connectivity index is 1.95. The number of H-pyrrole nitrogens is 1. The number of hydrogen-bond donors (Lipinski definition) is 2. The topological polar surface area (TPSA) is 67.6 Å². The van der Waals surface area contributed by atoms with Gasteiger partial charge in [0, 0.05) is 18.0 Å². The molecule has 0 aliphatic carbocycles. The number of imidazole rings is 1. The van der Waals surface area contributed by atoms with Crippen molar-refractivity contribution in [2.45, 2.75) is 13.3 Å². The second-order valence-corrected chi connectivity index (χ2v) is 5.22. The zero-order chi connectivity index (χ0) is 13.9. The highest BCUT2D eigenvalue weighted by atomic mass is 14.9. The lowest BCUT2D eigenvalue weighted by atomic mass is 10.0. The molecule has 1 aromatic carbocycles. The minimum absolute atomic E-state index is 0.494. The van der Waals surface area contributed by atoms with Crippen LogP contribution in [0.1, 0.15) is 12.5 Å². The van der Waals surface area contributed by atoms with Crippen molar-refractivity contribution in [1.29, 1.82) is 0 Å². The third-order valence-electron chi connectivity index (χ3n) is 3.47. The number of aromatic amines is 1. The van der Waals surface area contributed by atoms with E-state index in [1.807, 2.05) is 18.3 Å². The Morgan fingerprint density at radius 3 is 2.95 bits per heavy atom. The van der Waals surface area contributed by atoms with Gasteiger partial charge in [-0.05, 0) is 48.7 Å². The normalized spacial score (nSPS) is 12.7. The SMILES string of the molecule is CC(CN)Cc1ccc2nc(-c3cccnc3)[nH]c2c1. The molecule has 4 heteroatoms. The van der Waals surface area contributed by atoms with E-state index < -0.39 is 0 Å². The quantitative estimate of drug-likeness (QED) is 0.763. The zero-order valence-corrected chi connectivity index (χ0v) is 11.5. The Morgan fingerprint density at radius 2 is 2.20 bits per heavy atom. The first-order valence-corrected chi connectivity index (χ1v) is 6.85. The number of pyridine rings is 1. The zero-order valence-electron chi connectivity index (χ0n) is 11.5. The molecule has 2 heterocycles. The summed E-state index contributed by atoms with van der Waals surface area (Å²) in [7, 11) is 0. The van der Waals surface area contributed by atoms with Gasteiger partial charge in [0.2, 0.25) is 0 Å². The molecule has 0 saturated heterocycles. The highest BCUT2D eigenvalue weighted by Gasteiger charge is 2.07. The van der Waals surface area contributed by atoms with Crippen LogP contribution in [0.4, 0.5) is 0 Å². The number of hydrogen-bond acceptors (Lipinski definition) is 3. The van der Waals surface area contributed by atoms with Gasteiger partial charge in [0.1, 0.15) is 5.82 Å². The largest absolute Gasteiger partial charge is 0.338 e. The van der Waals surface area contributed by atoms with Gasteiger partial charge < -0.3 is 10.7 Å². The van der Waals surface area contributed by atoms with E-state index in [0.717, 1.165) is 28.8 Å². The highest BCUT2D eigenvalue weighted by molar-refractivity contribution is 5.79. The average molecular weight is 266 g/mol. The molecule has 0 spiro atoms. The van der Waals surface area contributed by atoms with Gasteiger partial charge in [-0.1, -0.05) is 13.0 Å². The predicted molar refractivity (Wildman–Crippen MR) is 81.2 cm³/mol. The van der Waals surface area contributed by atoms with E-state index in [2.05, 4.69) is 40.1 Å². The van der Waals surface area contributed by atoms with E-state index in [-0.39, 0.29) is 0 Å². The van der Waals surface area contributed by atoms with Crippen LogP contribution in [0.15, 0.2) is 42.7 Å². The molecule has 4 nitrogen and oxygen atoms in total. The summed E-state index contributed by atoms with van der Waals surface area (Å²) in [6.45, 7) is 2.88. The second kappa shape index (κ2) is 5.43. The van der Waals surface area contributed by atoms with Crippen LogP contribution >= 0.6 is 0 Å². The molecule has 102 valence electrons. The molecule has 0 saturated carbocycles. The van der Waals surface area contributed by atoms with Gasteiger partial charge in [-0.15, -0.1) is 0 Å². The van der Waals surface area contributed by atoms with Crippen LogP contribution in [0.2, 0.25) is 0 Å². The summed E-state index contributed by atoms with van der Waals surface area (Å²) in [5, 5.41) is 0. The van der Waals surface area contributed by atoms with Crippen molar-refractivity contribution in [3.63, 3.8) is 0 Å². The second-order valence-electron chi connectivity index (χ2n) is 5.22. The molecule has 3 aromatic rings. The molecule has 0 bridgehead atoms. The van der Waals surface area contributed by atoms with Crippen LogP contribution in [0.25, 0.3) is 22.4 Å². The summed E-state index contributed by atoms with van der Waals surface area (Å²) in [5.41, 5.74) is 10.0. The van der Waals surface area contributed by atoms with E-state index in [1.165, 1.54) is 5.56 Å². The lowest BCUT2D eigenvalue weighted by Crippen LogP contribution is -2.12. The molecule has 0 aliphatic rings. The molecule has 3 N–H and O–H groups in total. The predicted octanol–water partition coefficient (Wildman–Crippen LogP) is 2.76. The maximum atomic E-state index is 5.69. The lowest BCUT2D eigenvalue weighted by Gasteiger charge is -2.07. The van der Waals surface area contributed by atoms with E-state index in [1.54, 1.807) is 6.20 Å². The van der Waals surface area contributed by atoms with E-state index in [9.17, 15) is 0 Å². The fraction of sp³-hybridized carbons (Fsp3) is 0.250. The summed E-state index contributed by atoms with van der Waals surface area (Å²) in [5.74, 6) is 1.35. The van der Waals surface area contributed by atoms with E-state index >= 15 is 0 Å². The molecule has 20 heavy (non-hydrogen) atoms. The number of nitrogens with one attached hydrogen (secondary N) is 1. The lowest BCUT2D eigenvalue weighted by molar-refractivity contribution is 0.593. The summed E-state index contributed by atoms with van der Waals surface area (Å²) < 4.78 is 0. The average Bonchev–Trinajstić information content (AvgIpc) is 2.91. The first-order valence-electron chi connectivity index (χ1n) is 6.85. The third kappa shape index (κ3) is 2.56. The smallest absolute Gasteiger partial charge is 0.140 e. The van der Waals surface area contributed by atoms with Crippen LogP contribution < -0.4 is 5.73 Å². The maximum Gasteiger partial charge on any atom is 0.140 e. The van der Waals surface area contributed by atoms with Crippen LogP contribution in [0.5, 0.6) is 0 Å². The van der Waals surface area contributed by atoms with Crippen molar-refractivity contribution in [3.8, 4) is 11.4 Å². The Kier molecular flexibility index (Phi) is 3.48. The van der Waals surface area contributed by atoms with Crippen molar-refractivity contribution in [3.05, 3.63) is 48.3 Å². The van der Waals surface area contributed by atoms with Gasteiger partial charge in [0.15, 0.2) is 0 Å². The van der Waals surface area contributed by atoms with Crippen LogP contribution in [0.3, 0.4) is 0 Å². The van der Waals surface area contributed by atoms with Crippen molar-refractivity contribution in [2.75, 3.05) is 6.54 Å². The van der Waals surface area contributed by atoms with Gasteiger partial charge in [-0.25, -0.2) is 4.98 Å². The highest BCUT2D eigenvalue weighted by Crippen LogP contribution is 2.21. The summed E-state index contributed by atoms with van der Waals surface area (Å²) in [6.07, 6.45) is 4.57. The number of nitrogens with two attached hydrogens (primary N) is 1. The van der Waals surface area contributed by atoms with Gasteiger partial charge in [0.05, 0.1) is 11.0 Å². The van der Waals surface area contributed by atoms with Crippen molar-refractivity contribution in [1.82, 2.24) is 15.0 Å². The molecule has 0 amide bonds. The Hall–Kier alpha value is -2.20. The number of benzene rings is 1. The van der Waals surface area contributed by atoms with Gasteiger partial charge in [-0.3, -0.25) is 4.98 Å². The van der Waals surface area contributed by atoms with E-state index in [4.69, 9.17) is 5.73 Å². The third-order valence-corrected chi connectivity index (χ3v) is 3.47. The van der Waals surface area contributed by atoms with Gasteiger partial charge in [0.25, 0.3) is 0 Å². The minimum atomic E-state index is 0.494. The van der Waals surface area contributed by atoms with E-state index in [0.29, 0.717) is 12.5 Å². The molecule has 0 aliphatic heterocycles. The van der Waals surface area contributed by atoms with Crippen LogP contribution in [-0.2, 0) is 6.42 Å². The Labute approximate surface area is 118 Å². The first kappa shape index (κ1) is 12.8. The Bertz CT molecular complexity index is 703. The number of fused-ring (bicyclic) bond motifs is 1. The molecule has 3 rings (SSSR count). The molecular weight excluding hydrogens is 248 g/mol. The molecule has 0 fully saturated rings. The Morgan fingerprint density at radius 1 is 1.30 bits per heavy atom. The fourth-order valence-corrected chi connectivity index (χ4v) is 2.31. The monoisotopic (exact) mass is 266 g/mol. The number of nitrogens with zero attached hydrogens (tertiary/aromatic N) is 2. The summed E-state index contributed by atoms with van der Waals surface area (Å²) in [4.78, 5) is 12.1. The van der Waals surface area contributed by atoms with Crippen molar-refractivity contribution < 1.29 is 0 Å². The first-order chi connectivity index (χ1) is 9.76. The maximum absolute atomic E-state index is 5.69. The molecule has 1 unspecified atom stereocenters. The summed E-state index contributed by atoms with van der Waals surface area (Å²) in [6, 6.07) is 10.3. The van der Waals surface area contributed by atoms with Crippen LogP contribution in [0, 0.1) is 5.92 Å².